The van der Waals surface area contributed by atoms with Crippen molar-refractivity contribution >= 4 is 21.5 Å². The average molecular weight is 356 g/mol. The van der Waals surface area contributed by atoms with E-state index in [0.717, 1.165) is 6.42 Å². The van der Waals surface area contributed by atoms with Gasteiger partial charge in [-0.05, 0) is 57.6 Å². The Bertz CT molecular complexity index is 995. The Kier molecular flexibility index (Phi) is 4.43. The first-order chi connectivity index (χ1) is 13.4. The van der Waals surface area contributed by atoms with E-state index < -0.39 is 0 Å². The molecule has 5 rings (SSSR count). The van der Waals surface area contributed by atoms with Crippen LogP contribution in [0, 0.1) is 0 Å². The molecular formula is C25H24O2. The number of ether oxygens (including phenoxy) is 1. The van der Waals surface area contributed by atoms with Crippen LogP contribution >= 0.6 is 0 Å². The van der Waals surface area contributed by atoms with Crippen LogP contribution in [0.2, 0.25) is 0 Å². The second kappa shape index (κ2) is 7.21. The molecule has 0 radical (unpaired) electrons. The first-order valence-corrected chi connectivity index (χ1v) is 9.93. The van der Waals surface area contributed by atoms with E-state index in [1.54, 1.807) is 6.26 Å². The maximum absolute atomic E-state index is 6.58. The summed E-state index contributed by atoms with van der Waals surface area (Å²) in [5, 5.41) is 5.16. The largest absolute Gasteiger partial charge is 0.472 e. The average Bonchev–Trinajstić information content (AvgIpc) is 3.26. The summed E-state index contributed by atoms with van der Waals surface area (Å²) in [6.45, 7) is 0.654. The molecule has 27 heavy (non-hydrogen) atoms. The Hall–Kier alpha value is -2.58. The van der Waals surface area contributed by atoms with E-state index >= 15 is 0 Å². The molecule has 1 saturated carbocycles. The summed E-state index contributed by atoms with van der Waals surface area (Å²) in [6.07, 6.45) is 8.74. The number of hydrogen-bond donors (Lipinski definition) is 0. The fourth-order valence-electron chi connectivity index (χ4n) is 4.62. The lowest BCUT2D eigenvalue weighted by molar-refractivity contribution is 0.00285. The smallest absolute Gasteiger partial charge is 0.0938 e. The fraction of sp³-hybridized carbons (Fsp3) is 0.280. The minimum Gasteiger partial charge on any atom is -0.472 e. The quantitative estimate of drug-likeness (QED) is 0.374. The van der Waals surface area contributed by atoms with E-state index in [1.807, 2.05) is 6.26 Å². The molecule has 0 aliphatic heterocycles. The maximum atomic E-state index is 6.58. The van der Waals surface area contributed by atoms with Gasteiger partial charge in [0.05, 0.1) is 25.2 Å². The van der Waals surface area contributed by atoms with Crippen LogP contribution in [0.3, 0.4) is 0 Å². The summed E-state index contributed by atoms with van der Waals surface area (Å²) in [5.74, 6) is 0.443. The van der Waals surface area contributed by atoms with E-state index in [0.29, 0.717) is 12.5 Å². The SMILES string of the molecule is c1ccc2c(CO[C@H]3CCCC[C@@H]3c3ccoc3)c3ccccc3cc2c1. The van der Waals surface area contributed by atoms with Crippen molar-refractivity contribution in [3.8, 4) is 0 Å². The molecule has 136 valence electrons. The zero-order chi connectivity index (χ0) is 18.1. The van der Waals surface area contributed by atoms with Gasteiger partial charge < -0.3 is 9.15 Å². The molecule has 1 aliphatic carbocycles. The number of furan rings is 1. The molecule has 1 heterocycles. The molecular weight excluding hydrogens is 332 g/mol. The van der Waals surface area contributed by atoms with Gasteiger partial charge in [0.1, 0.15) is 0 Å². The Morgan fingerprint density at radius 2 is 1.56 bits per heavy atom. The van der Waals surface area contributed by atoms with Crippen LogP contribution in [-0.2, 0) is 11.3 Å². The highest BCUT2D eigenvalue weighted by atomic mass is 16.5. The van der Waals surface area contributed by atoms with Gasteiger partial charge in [-0.1, -0.05) is 61.4 Å². The third-order valence-electron chi connectivity index (χ3n) is 6.00. The molecule has 0 saturated heterocycles. The van der Waals surface area contributed by atoms with Crippen LogP contribution in [0.5, 0.6) is 0 Å². The number of benzene rings is 3. The van der Waals surface area contributed by atoms with Gasteiger partial charge >= 0.3 is 0 Å². The van der Waals surface area contributed by atoms with E-state index in [-0.39, 0.29) is 6.10 Å². The Morgan fingerprint density at radius 3 is 2.26 bits per heavy atom. The molecule has 0 bridgehead atoms. The fourth-order valence-corrected chi connectivity index (χ4v) is 4.62. The molecule has 0 spiro atoms. The first-order valence-electron chi connectivity index (χ1n) is 9.93. The predicted molar refractivity (Wildman–Crippen MR) is 110 cm³/mol. The van der Waals surface area contributed by atoms with Crippen molar-refractivity contribution in [2.24, 2.45) is 0 Å². The van der Waals surface area contributed by atoms with Gasteiger partial charge in [-0.3, -0.25) is 0 Å². The minimum absolute atomic E-state index is 0.258. The van der Waals surface area contributed by atoms with Crippen molar-refractivity contribution in [3.05, 3.63) is 84.3 Å². The number of rotatable bonds is 4. The van der Waals surface area contributed by atoms with E-state index in [1.165, 1.54) is 51.9 Å². The molecule has 1 aromatic heterocycles. The van der Waals surface area contributed by atoms with Crippen molar-refractivity contribution in [2.45, 2.75) is 44.3 Å². The Balaban J connectivity index is 1.50. The molecule has 1 fully saturated rings. The molecule has 0 unspecified atom stereocenters. The highest BCUT2D eigenvalue weighted by Gasteiger charge is 2.28. The standard InChI is InChI=1S/C25H24O2/c1-3-9-21-18(7-1)15-19-8-2-4-10-22(19)24(21)17-27-25-12-6-5-11-23(25)20-13-14-26-16-20/h1-4,7-10,13-16,23,25H,5-6,11-12,17H2/t23-,25+/m1/s1. The lowest BCUT2D eigenvalue weighted by Gasteiger charge is -2.31. The Labute approximate surface area is 159 Å². The molecule has 0 N–H and O–H groups in total. The monoisotopic (exact) mass is 356 g/mol. The summed E-state index contributed by atoms with van der Waals surface area (Å²) in [5.41, 5.74) is 2.59. The van der Waals surface area contributed by atoms with Crippen molar-refractivity contribution in [1.82, 2.24) is 0 Å². The summed E-state index contributed by atoms with van der Waals surface area (Å²) < 4.78 is 11.9. The first kappa shape index (κ1) is 16.6. The van der Waals surface area contributed by atoms with Crippen molar-refractivity contribution in [2.75, 3.05) is 0 Å². The summed E-state index contributed by atoms with van der Waals surface area (Å²) >= 11 is 0. The van der Waals surface area contributed by atoms with Gasteiger partial charge in [0.25, 0.3) is 0 Å². The maximum Gasteiger partial charge on any atom is 0.0938 e. The normalized spacial score (nSPS) is 20.3. The van der Waals surface area contributed by atoms with Gasteiger partial charge in [0.15, 0.2) is 0 Å². The number of fused-ring (bicyclic) bond motifs is 2. The topological polar surface area (TPSA) is 22.4 Å². The third kappa shape index (κ3) is 3.15. The van der Waals surface area contributed by atoms with Crippen molar-refractivity contribution in [3.63, 3.8) is 0 Å². The molecule has 3 aromatic carbocycles. The zero-order valence-corrected chi connectivity index (χ0v) is 15.4. The molecule has 0 amide bonds. The molecule has 1 aliphatic rings. The zero-order valence-electron chi connectivity index (χ0n) is 15.4. The van der Waals surface area contributed by atoms with Crippen LogP contribution in [0.4, 0.5) is 0 Å². The van der Waals surface area contributed by atoms with Gasteiger partial charge in [-0.25, -0.2) is 0 Å². The van der Waals surface area contributed by atoms with E-state index in [4.69, 9.17) is 9.15 Å². The number of hydrogen-bond acceptors (Lipinski definition) is 2. The highest BCUT2D eigenvalue weighted by molar-refractivity contribution is 6.02. The molecule has 2 heteroatoms. The van der Waals surface area contributed by atoms with Crippen LogP contribution in [0.15, 0.2) is 77.6 Å². The predicted octanol–water partition coefficient (Wildman–Crippen LogP) is 6.83. The second-order valence-electron chi connectivity index (χ2n) is 7.59. The van der Waals surface area contributed by atoms with Gasteiger partial charge in [0, 0.05) is 5.92 Å². The molecule has 2 atom stereocenters. The van der Waals surface area contributed by atoms with Gasteiger partial charge in [-0.2, -0.15) is 0 Å². The van der Waals surface area contributed by atoms with E-state index in [2.05, 4.69) is 60.7 Å². The minimum atomic E-state index is 0.258. The van der Waals surface area contributed by atoms with Crippen LogP contribution in [0.1, 0.15) is 42.7 Å². The Morgan fingerprint density at radius 1 is 0.852 bits per heavy atom. The summed E-state index contributed by atoms with van der Waals surface area (Å²) in [7, 11) is 0. The van der Waals surface area contributed by atoms with Gasteiger partial charge in [-0.15, -0.1) is 0 Å². The highest BCUT2D eigenvalue weighted by Crippen LogP contribution is 2.37. The van der Waals surface area contributed by atoms with Gasteiger partial charge in [0.2, 0.25) is 0 Å². The van der Waals surface area contributed by atoms with Crippen LogP contribution < -0.4 is 0 Å². The van der Waals surface area contributed by atoms with Crippen molar-refractivity contribution in [1.29, 1.82) is 0 Å². The summed E-state index contributed by atoms with van der Waals surface area (Å²) in [4.78, 5) is 0. The van der Waals surface area contributed by atoms with Crippen molar-refractivity contribution < 1.29 is 9.15 Å². The third-order valence-corrected chi connectivity index (χ3v) is 6.00. The lowest BCUT2D eigenvalue weighted by Crippen LogP contribution is -2.25. The summed E-state index contributed by atoms with van der Waals surface area (Å²) in [6, 6.07) is 21.7. The lowest BCUT2D eigenvalue weighted by atomic mass is 9.82. The second-order valence-corrected chi connectivity index (χ2v) is 7.59. The van der Waals surface area contributed by atoms with Crippen LogP contribution in [0.25, 0.3) is 21.5 Å². The van der Waals surface area contributed by atoms with Crippen LogP contribution in [-0.4, -0.2) is 6.10 Å². The molecule has 4 aromatic rings. The van der Waals surface area contributed by atoms with E-state index in [9.17, 15) is 0 Å². The molecule has 2 nitrogen and oxygen atoms in total.